The highest BCUT2D eigenvalue weighted by molar-refractivity contribution is 7.25. The van der Waals surface area contributed by atoms with Crippen LogP contribution in [0.25, 0.3) is 131 Å². The van der Waals surface area contributed by atoms with Gasteiger partial charge in [0.05, 0.1) is 0 Å². The Morgan fingerprint density at radius 2 is 0.898 bits per heavy atom. The van der Waals surface area contributed by atoms with E-state index in [2.05, 4.69) is 133 Å². The van der Waals surface area contributed by atoms with Crippen LogP contribution in [0.5, 0.6) is 0 Å². The molecule has 0 N–H and O–H groups in total. The van der Waals surface area contributed by atoms with Crippen LogP contribution in [0.3, 0.4) is 0 Å². The summed E-state index contributed by atoms with van der Waals surface area (Å²) in [6, 6.07) is 61.6. The summed E-state index contributed by atoms with van der Waals surface area (Å²) in [5.74, 6) is 1.83. The molecule has 0 radical (unpaired) electrons. The van der Waals surface area contributed by atoms with E-state index in [1.54, 1.807) is 11.3 Å². The van der Waals surface area contributed by atoms with Crippen LogP contribution in [-0.2, 0) is 0 Å². The number of rotatable bonds is 4. The summed E-state index contributed by atoms with van der Waals surface area (Å²) >= 11 is 1.79. The van der Waals surface area contributed by atoms with Crippen molar-refractivity contribution in [3.8, 4) is 45.3 Å². The molecule has 0 aliphatic carbocycles. The van der Waals surface area contributed by atoms with E-state index in [0.717, 1.165) is 93.2 Å². The number of fused-ring (bicyclic) bond motifs is 11. The number of furan rings is 2. The molecule has 0 spiro atoms. The Labute approximate surface area is 340 Å². The smallest absolute Gasteiger partial charge is 0.164 e. The maximum absolute atomic E-state index is 6.34. The Balaban J connectivity index is 1.04. The molecule has 0 amide bonds. The lowest BCUT2D eigenvalue weighted by Crippen LogP contribution is -2.01. The van der Waals surface area contributed by atoms with Gasteiger partial charge in [0.2, 0.25) is 0 Å². The van der Waals surface area contributed by atoms with Gasteiger partial charge in [0.25, 0.3) is 0 Å². The highest BCUT2D eigenvalue weighted by atomic mass is 32.1. The van der Waals surface area contributed by atoms with E-state index < -0.39 is 0 Å². The molecule has 0 unspecified atom stereocenters. The zero-order chi connectivity index (χ0) is 38.6. The maximum atomic E-state index is 6.34. The van der Waals surface area contributed by atoms with Crippen LogP contribution >= 0.6 is 11.3 Å². The normalized spacial score (nSPS) is 12.1. The number of benzene rings is 9. The molecule has 9 aromatic carbocycles. The molecular weight excluding hydrogens is 743 g/mol. The summed E-state index contributed by atoms with van der Waals surface area (Å²) in [5.41, 5.74) is 8.49. The van der Waals surface area contributed by atoms with Gasteiger partial charge >= 0.3 is 0 Å². The molecule has 4 aromatic heterocycles. The first-order valence-electron chi connectivity index (χ1n) is 19.7. The molecule has 0 saturated heterocycles. The first-order valence-corrected chi connectivity index (χ1v) is 20.5. The first-order chi connectivity index (χ1) is 29.2. The molecule has 0 atom stereocenters. The van der Waals surface area contributed by atoms with Crippen LogP contribution in [0.4, 0.5) is 0 Å². The minimum absolute atomic E-state index is 0.596. The van der Waals surface area contributed by atoms with E-state index in [4.69, 9.17) is 23.8 Å². The summed E-state index contributed by atoms with van der Waals surface area (Å²) < 4.78 is 15.0. The van der Waals surface area contributed by atoms with Gasteiger partial charge in [-0.1, -0.05) is 121 Å². The number of hydrogen-bond acceptors (Lipinski definition) is 6. The van der Waals surface area contributed by atoms with Crippen molar-refractivity contribution in [3.05, 3.63) is 176 Å². The third-order valence-corrected chi connectivity index (χ3v) is 12.9. The highest BCUT2D eigenvalue weighted by Crippen LogP contribution is 2.43. The van der Waals surface area contributed by atoms with E-state index >= 15 is 0 Å². The lowest BCUT2D eigenvalue weighted by molar-refractivity contribution is 0.669. The van der Waals surface area contributed by atoms with E-state index in [0.29, 0.717) is 17.5 Å². The van der Waals surface area contributed by atoms with Crippen molar-refractivity contribution in [1.29, 1.82) is 0 Å². The fourth-order valence-corrected chi connectivity index (χ4v) is 10.2. The number of aromatic nitrogens is 3. The average Bonchev–Trinajstić information content (AvgIpc) is 3.98. The lowest BCUT2D eigenvalue weighted by Gasteiger charge is -2.14. The summed E-state index contributed by atoms with van der Waals surface area (Å²) in [5, 5.41) is 11.1. The predicted octanol–water partition coefficient (Wildman–Crippen LogP) is 15.0. The number of thiophene rings is 1. The van der Waals surface area contributed by atoms with Gasteiger partial charge in [0.1, 0.15) is 22.3 Å². The Morgan fingerprint density at radius 1 is 0.322 bits per heavy atom. The van der Waals surface area contributed by atoms with E-state index in [9.17, 15) is 0 Å². The molecule has 274 valence electrons. The van der Waals surface area contributed by atoms with Gasteiger partial charge in [0, 0.05) is 58.4 Å². The number of para-hydroxylation sites is 2. The minimum Gasteiger partial charge on any atom is -0.456 e. The molecule has 0 saturated carbocycles. The molecule has 0 aliphatic heterocycles. The second-order valence-corrected chi connectivity index (χ2v) is 16.2. The molecular formula is C53H29N3O2S. The Bertz CT molecular complexity index is 3740. The molecule has 5 nitrogen and oxygen atoms in total. The van der Waals surface area contributed by atoms with Gasteiger partial charge in [-0.2, -0.15) is 0 Å². The molecule has 6 heteroatoms. The van der Waals surface area contributed by atoms with Crippen LogP contribution in [0.2, 0.25) is 0 Å². The van der Waals surface area contributed by atoms with Crippen molar-refractivity contribution in [2.75, 3.05) is 0 Å². The lowest BCUT2D eigenvalue weighted by atomic mass is 9.93. The van der Waals surface area contributed by atoms with Gasteiger partial charge in [-0.15, -0.1) is 11.3 Å². The molecule has 4 heterocycles. The molecule has 0 bridgehead atoms. The minimum atomic E-state index is 0.596. The van der Waals surface area contributed by atoms with Crippen LogP contribution < -0.4 is 0 Å². The van der Waals surface area contributed by atoms with E-state index in [1.807, 2.05) is 42.5 Å². The standard InChI is InChI=1S/C53H29N3O2S/c1-2-12-35-34(11-1)33(31-24-23-30-28-42-36-13-3-6-18-43(36)58-46(42)29-32(30)27-31)25-26-37(35)51-54-52(40-16-9-20-45-49(40)38-14-4-7-19-44(38)57-45)56-53(55-51)41-17-10-22-48-50(41)39-15-5-8-21-47(39)59-48/h1-29H. The molecule has 13 rings (SSSR count). The zero-order valence-corrected chi connectivity index (χ0v) is 32.1. The summed E-state index contributed by atoms with van der Waals surface area (Å²) in [7, 11) is 0. The summed E-state index contributed by atoms with van der Waals surface area (Å²) in [6.07, 6.45) is 0. The third-order valence-electron chi connectivity index (χ3n) is 11.7. The number of nitrogens with zero attached hydrogens (tertiary/aromatic N) is 3. The Morgan fingerprint density at radius 3 is 1.71 bits per heavy atom. The first kappa shape index (κ1) is 32.4. The van der Waals surface area contributed by atoms with Crippen LogP contribution in [0.1, 0.15) is 0 Å². The molecule has 0 fully saturated rings. The highest BCUT2D eigenvalue weighted by Gasteiger charge is 2.21. The average molecular weight is 772 g/mol. The Kier molecular flexibility index (Phi) is 6.82. The zero-order valence-electron chi connectivity index (χ0n) is 31.3. The fraction of sp³-hybridized carbons (Fsp3) is 0. The van der Waals surface area contributed by atoms with E-state index in [1.165, 1.54) is 20.2 Å². The second kappa shape index (κ2) is 12.4. The summed E-state index contributed by atoms with van der Waals surface area (Å²) in [6.45, 7) is 0. The van der Waals surface area contributed by atoms with Gasteiger partial charge in [-0.05, 0) is 87.3 Å². The molecule has 59 heavy (non-hydrogen) atoms. The van der Waals surface area contributed by atoms with Crippen molar-refractivity contribution in [1.82, 2.24) is 15.0 Å². The van der Waals surface area contributed by atoms with Crippen LogP contribution in [0.15, 0.2) is 185 Å². The SMILES string of the molecule is c1ccc2c(c1)oc1cc3cc(-c4ccc(-c5nc(-c6cccc7oc8ccccc8c67)nc(-c6cccc7sc8ccccc8c67)n5)c5ccccc45)ccc3cc12. The van der Waals surface area contributed by atoms with E-state index in [-0.39, 0.29) is 0 Å². The van der Waals surface area contributed by atoms with Crippen molar-refractivity contribution in [2.24, 2.45) is 0 Å². The van der Waals surface area contributed by atoms with Gasteiger partial charge < -0.3 is 8.83 Å². The monoisotopic (exact) mass is 771 g/mol. The van der Waals surface area contributed by atoms with Crippen molar-refractivity contribution in [2.45, 2.75) is 0 Å². The van der Waals surface area contributed by atoms with Crippen molar-refractivity contribution >= 4 is 96.9 Å². The van der Waals surface area contributed by atoms with Gasteiger partial charge in [-0.25, -0.2) is 15.0 Å². The molecule has 0 aliphatic rings. The topological polar surface area (TPSA) is 65.0 Å². The quantitative estimate of drug-likeness (QED) is 0.178. The van der Waals surface area contributed by atoms with Crippen molar-refractivity contribution in [3.63, 3.8) is 0 Å². The maximum Gasteiger partial charge on any atom is 0.164 e. The van der Waals surface area contributed by atoms with Gasteiger partial charge in [-0.3, -0.25) is 0 Å². The third kappa shape index (κ3) is 4.94. The van der Waals surface area contributed by atoms with Gasteiger partial charge in [0.15, 0.2) is 17.5 Å². The Hall–Kier alpha value is -7.67. The predicted molar refractivity (Wildman–Crippen MR) is 244 cm³/mol. The second-order valence-electron chi connectivity index (χ2n) is 15.1. The van der Waals surface area contributed by atoms with Crippen LogP contribution in [-0.4, -0.2) is 15.0 Å². The van der Waals surface area contributed by atoms with Crippen LogP contribution in [0, 0.1) is 0 Å². The summed E-state index contributed by atoms with van der Waals surface area (Å²) in [4.78, 5) is 16.0. The fourth-order valence-electron chi connectivity index (χ4n) is 9.04. The molecule has 13 aromatic rings. The number of hydrogen-bond donors (Lipinski definition) is 0. The van der Waals surface area contributed by atoms with Crippen molar-refractivity contribution < 1.29 is 8.83 Å². The largest absolute Gasteiger partial charge is 0.456 e.